The lowest BCUT2D eigenvalue weighted by Gasteiger charge is -2.33. The van der Waals surface area contributed by atoms with E-state index in [9.17, 15) is 27.2 Å². The van der Waals surface area contributed by atoms with Gasteiger partial charge in [0.1, 0.15) is 18.9 Å². The Balaban J connectivity index is 1.22. The fraction of sp³-hybridized carbons (Fsp3) is 0.219. The Morgan fingerprint density at radius 3 is 2.49 bits per heavy atom. The Morgan fingerprint density at radius 2 is 1.71 bits per heavy atom. The number of nitrogens with zero attached hydrogens (tertiary/aromatic N) is 2. The predicted octanol–water partition coefficient (Wildman–Crippen LogP) is 5.92. The van der Waals surface area contributed by atoms with Gasteiger partial charge in [0.2, 0.25) is 5.88 Å². The second kappa shape index (κ2) is 12.4. The van der Waals surface area contributed by atoms with Crippen LogP contribution in [0, 0.1) is 23.3 Å². The summed E-state index contributed by atoms with van der Waals surface area (Å²) in [7, 11) is 1.50. The van der Waals surface area contributed by atoms with E-state index in [-0.39, 0.29) is 60.8 Å². The van der Waals surface area contributed by atoms with Gasteiger partial charge in [0, 0.05) is 35.0 Å². The van der Waals surface area contributed by atoms with Gasteiger partial charge in [0.15, 0.2) is 23.3 Å². The first-order valence-corrected chi connectivity index (χ1v) is 13.9. The maximum atomic E-state index is 14.6. The number of nitrogens with one attached hydrogen (secondary N) is 2. The van der Waals surface area contributed by atoms with E-state index in [0.717, 1.165) is 29.8 Å². The van der Waals surface area contributed by atoms with Crippen LogP contribution >= 0.6 is 0 Å². The van der Waals surface area contributed by atoms with Crippen molar-refractivity contribution in [3.8, 4) is 5.88 Å². The van der Waals surface area contributed by atoms with Crippen molar-refractivity contribution in [2.75, 3.05) is 26.8 Å². The average molecular weight is 623 g/mol. The molecule has 2 N–H and O–H groups in total. The molecule has 1 unspecified atom stereocenters. The van der Waals surface area contributed by atoms with Crippen molar-refractivity contribution in [1.29, 1.82) is 0 Å². The summed E-state index contributed by atoms with van der Waals surface area (Å²) < 4.78 is 73.2. The number of likely N-dealkylation sites (N-methyl/N-ethyl adjacent to an activating group) is 1. The van der Waals surface area contributed by atoms with E-state index >= 15 is 0 Å². The van der Waals surface area contributed by atoms with Gasteiger partial charge in [-0.15, -0.1) is 0 Å². The van der Waals surface area contributed by atoms with Gasteiger partial charge in [-0.3, -0.25) is 4.79 Å². The number of carbonyl (C=O) groups is 2. The fourth-order valence-corrected chi connectivity index (χ4v) is 5.24. The highest BCUT2D eigenvalue weighted by atomic mass is 19.2. The molecule has 9 nitrogen and oxygen atoms in total. The van der Waals surface area contributed by atoms with Gasteiger partial charge >= 0.3 is 6.09 Å². The Labute approximate surface area is 253 Å². The highest BCUT2D eigenvalue weighted by Gasteiger charge is 2.33. The third-order valence-corrected chi connectivity index (χ3v) is 7.48. The van der Waals surface area contributed by atoms with Crippen LogP contribution in [0.5, 0.6) is 5.88 Å². The molecule has 2 amide bonds. The highest BCUT2D eigenvalue weighted by molar-refractivity contribution is 5.99. The van der Waals surface area contributed by atoms with E-state index in [2.05, 4.69) is 15.3 Å². The standard InChI is InChI=1S/C32H26F4N4O5/c1-40(31(41)26-10-18-9-21(33)24(36)13-25(18)38-26)28-16-43-15-27-29(28)19-11-22(34)23(35)12-20(19)30(39-27)44-8-7-37-32(42)45-14-17-5-3-2-4-6-17/h2-6,9-13,28,38H,7-8,14-16H2,1H3,(H,37,42). The van der Waals surface area contributed by atoms with Crippen molar-refractivity contribution in [2.24, 2.45) is 0 Å². The maximum Gasteiger partial charge on any atom is 0.407 e. The number of hydrogen-bond acceptors (Lipinski definition) is 6. The number of alkyl carbamates (subject to hydrolysis) is 1. The minimum atomic E-state index is -1.12. The van der Waals surface area contributed by atoms with E-state index in [1.54, 1.807) is 0 Å². The second-order valence-corrected chi connectivity index (χ2v) is 10.4. The Hall–Kier alpha value is -5.17. The molecule has 0 radical (unpaired) electrons. The molecule has 5 aromatic rings. The van der Waals surface area contributed by atoms with Crippen molar-refractivity contribution in [1.82, 2.24) is 20.2 Å². The normalized spacial score (nSPS) is 14.3. The number of benzene rings is 3. The molecule has 1 atom stereocenters. The van der Waals surface area contributed by atoms with E-state index < -0.39 is 41.3 Å². The molecule has 2 aromatic heterocycles. The van der Waals surface area contributed by atoms with Crippen LogP contribution in [0.2, 0.25) is 0 Å². The summed E-state index contributed by atoms with van der Waals surface area (Å²) in [5.74, 6) is -4.89. The summed E-state index contributed by atoms with van der Waals surface area (Å²) in [4.78, 5) is 34.2. The van der Waals surface area contributed by atoms with Crippen molar-refractivity contribution >= 4 is 33.7 Å². The number of halogens is 4. The zero-order valence-electron chi connectivity index (χ0n) is 23.8. The van der Waals surface area contributed by atoms with Gasteiger partial charge in [-0.2, -0.15) is 0 Å². The highest BCUT2D eigenvalue weighted by Crippen LogP contribution is 2.39. The summed E-state index contributed by atoms with van der Waals surface area (Å²) >= 11 is 0. The van der Waals surface area contributed by atoms with Crippen LogP contribution < -0.4 is 10.1 Å². The number of fused-ring (bicyclic) bond motifs is 4. The molecular weight excluding hydrogens is 596 g/mol. The molecule has 0 spiro atoms. The fourth-order valence-electron chi connectivity index (χ4n) is 5.24. The minimum absolute atomic E-state index is 0.00810. The second-order valence-electron chi connectivity index (χ2n) is 10.4. The number of pyridine rings is 1. The van der Waals surface area contributed by atoms with Crippen molar-refractivity contribution in [3.05, 3.63) is 106 Å². The number of hydrogen-bond donors (Lipinski definition) is 2. The molecule has 1 aliphatic rings. The summed E-state index contributed by atoms with van der Waals surface area (Å²) in [5.41, 5.74) is 1.90. The smallest absolute Gasteiger partial charge is 0.407 e. The Kier molecular flexibility index (Phi) is 8.26. The summed E-state index contributed by atoms with van der Waals surface area (Å²) in [6.45, 7) is 0.0829. The van der Waals surface area contributed by atoms with Crippen LogP contribution in [0.1, 0.15) is 33.4 Å². The number of aromatic amines is 1. The van der Waals surface area contributed by atoms with Gasteiger partial charge in [-0.1, -0.05) is 30.3 Å². The molecule has 0 saturated carbocycles. The van der Waals surface area contributed by atoms with Gasteiger partial charge in [-0.25, -0.2) is 27.3 Å². The SMILES string of the molecule is CN(C(=O)c1cc2cc(F)c(F)cc2[nH]1)C1COCc2nc(OCCNC(=O)OCc3ccccc3)c3cc(F)c(F)cc3c21. The molecule has 45 heavy (non-hydrogen) atoms. The quantitative estimate of drug-likeness (QED) is 0.164. The van der Waals surface area contributed by atoms with Crippen molar-refractivity contribution in [2.45, 2.75) is 19.3 Å². The third-order valence-electron chi connectivity index (χ3n) is 7.48. The van der Waals surface area contributed by atoms with Gasteiger partial charge in [-0.05, 0) is 35.2 Å². The van der Waals surface area contributed by atoms with E-state index in [4.69, 9.17) is 14.2 Å². The number of H-pyrrole nitrogens is 1. The maximum absolute atomic E-state index is 14.6. The predicted molar refractivity (Wildman–Crippen MR) is 154 cm³/mol. The lowest BCUT2D eigenvalue weighted by molar-refractivity contribution is 0.0331. The third kappa shape index (κ3) is 6.11. The van der Waals surface area contributed by atoms with Crippen LogP contribution in [-0.2, 0) is 22.7 Å². The van der Waals surface area contributed by atoms with Crippen LogP contribution in [0.3, 0.4) is 0 Å². The number of rotatable bonds is 8. The van der Waals surface area contributed by atoms with Crippen molar-refractivity contribution in [3.63, 3.8) is 0 Å². The van der Waals surface area contributed by atoms with E-state index in [0.29, 0.717) is 16.6 Å². The zero-order valence-corrected chi connectivity index (χ0v) is 23.8. The first kappa shape index (κ1) is 29.9. The first-order chi connectivity index (χ1) is 21.7. The lowest BCUT2D eigenvalue weighted by Crippen LogP contribution is -2.37. The molecular formula is C32H26F4N4O5. The first-order valence-electron chi connectivity index (χ1n) is 13.9. The molecule has 0 saturated heterocycles. The van der Waals surface area contributed by atoms with Crippen molar-refractivity contribution < 1.29 is 41.4 Å². The van der Waals surface area contributed by atoms with Gasteiger partial charge in [0.25, 0.3) is 5.91 Å². The van der Waals surface area contributed by atoms with E-state index in [1.807, 2.05) is 30.3 Å². The number of aromatic nitrogens is 2. The van der Waals surface area contributed by atoms with Crippen LogP contribution in [-0.4, -0.2) is 53.7 Å². The summed E-state index contributed by atoms with van der Waals surface area (Å²) in [5, 5.41) is 3.28. The van der Waals surface area contributed by atoms with Crippen LogP contribution in [0.15, 0.2) is 60.7 Å². The van der Waals surface area contributed by atoms with Gasteiger partial charge < -0.3 is 29.4 Å². The molecule has 1 aliphatic heterocycles. The molecule has 6 rings (SSSR count). The van der Waals surface area contributed by atoms with Crippen LogP contribution in [0.4, 0.5) is 22.4 Å². The largest absolute Gasteiger partial charge is 0.475 e. The number of ether oxygens (including phenoxy) is 3. The summed E-state index contributed by atoms with van der Waals surface area (Å²) in [6, 6.07) is 13.7. The minimum Gasteiger partial charge on any atom is -0.475 e. The molecule has 3 aromatic carbocycles. The monoisotopic (exact) mass is 622 g/mol. The molecule has 0 fully saturated rings. The molecule has 0 aliphatic carbocycles. The zero-order chi connectivity index (χ0) is 31.7. The molecule has 0 bridgehead atoms. The Morgan fingerprint density at radius 1 is 1.00 bits per heavy atom. The number of carbonyl (C=O) groups excluding carboxylic acids is 2. The van der Waals surface area contributed by atoms with Crippen LogP contribution in [0.25, 0.3) is 21.7 Å². The molecule has 232 valence electrons. The molecule has 13 heteroatoms. The van der Waals surface area contributed by atoms with E-state index in [1.165, 1.54) is 18.0 Å². The molecule has 3 heterocycles. The topological polar surface area (TPSA) is 106 Å². The Bertz CT molecular complexity index is 1880. The van der Waals surface area contributed by atoms with Gasteiger partial charge in [0.05, 0.1) is 31.5 Å². The number of amides is 2. The summed E-state index contributed by atoms with van der Waals surface area (Å²) in [6.07, 6.45) is -0.659. The lowest BCUT2D eigenvalue weighted by atomic mass is 9.95. The average Bonchev–Trinajstić information content (AvgIpc) is 3.45.